The standard InChI is InChI=1S/C14H16N3O2S/c1-2-11-19-13-5-3-12(4-6-13)14(20-18)7-9-17-10-8-15-16-17/h2-6,8,10,14H,1,7,9,11H2/q+1. The molecule has 0 aliphatic heterocycles. The second kappa shape index (κ2) is 7.49. The first-order valence-corrected chi connectivity index (χ1v) is 7.10. The van der Waals surface area contributed by atoms with Crippen LogP contribution in [0, 0.1) is 0 Å². The van der Waals surface area contributed by atoms with Crippen LogP contribution < -0.4 is 4.74 Å². The Hall–Kier alpha value is -2.08. The first kappa shape index (κ1) is 14.3. The number of hydrogen-bond donors (Lipinski definition) is 0. The molecular weight excluding hydrogens is 274 g/mol. The molecule has 1 aromatic heterocycles. The highest BCUT2D eigenvalue weighted by Crippen LogP contribution is 2.22. The fourth-order valence-electron chi connectivity index (χ4n) is 1.81. The van der Waals surface area contributed by atoms with Gasteiger partial charge in [-0.2, -0.15) is 0 Å². The van der Waals surface area contributed by atoms with Crippen molar-refractivity contribution < 1.29 is 8.95 Å². The van der Waals surface area contributed by atoms with Gasteiger partial charge in [0.05, 0.1) is 6.20 Å². The average Bonchev–Trinajstić information content (AvgIpc) is 3.00. The molecule has 5 nitrogen and oxygen atoms in total. The molecule has 1 atom stereocenters. The zero-order chi connectivity index (χ0) is 14.2. The minimum atomic E-state index is -0.104. The monoisotopic (exact) mass is 290 g/mol. The van der Waals surface area contributed by atoms with E-state index in [-0.39, 0.29) is 5.25 Å². The third-order valence-corrected chi connectivity index (χ3v) is 3.57. The molecule has 0 aliphatic carbocycles. The summed E-state index contributed by atoms with van der Waals surface area (Å²) in [6.45, 7) is 4.75. The highest BCUT2D eigenvalue weighted by atomic mass is 32.1. The number of aryl methyl sites for hydroxylation is 1. The first-order chi connectivity index (χ1) is 9.83. The maximum Gasteiger partial charge on any atom is 0.467 e. The van der Waals surface area contributed by atoms with Gasteiger partial charge in [-0.25, -0.2) is 0 Å². The molecule has 0 saturated carbocycles. The van der Waals surface area contributed by atoms with Crippen molar-refractivity contribution in [1.29, 1.82) is 0 Å². The minimum Gasteiger partial charge on any atom is -0.490 e. The molecule has 0 fully saturated rings. The number of hydrogen-bond acceptors (Lipinski definition) is 4. The Morgan fingerprint density at radius 3 is 2.80 bits per heavy atom. The number of rotatable bonds is 8. The van der Waals surface area contributed by atoms with Crippen molar-refractivity contribution in [2.75, 3.05) is 6.61 Å². The van der Waals surface area contributed by atoms with E-state index in [9.17, 15) is 4.21 Å². The van der Waals surface area contributed by atoms with Gasteiger partial charge in [0.25, 0.3) is 5.25 Å². The Balaban J connectivity index is 1.96. The molecule has 0 amide bonds. The minimum absolute atomic E-state index is 0.104. The molecule has 0 spiro atoms. The topological polar surface area (TPSA) is 57.0 Å². The van der Waals surface area contributed by atoms with E-state index in [1.807, 2.05) is 24.3 Å². The lowest BCUT2D eigenvalue weighted by Crippen LogP contribution is -2.05. The van der Waals surface area contributed by atoms with Crippen molar-refractivity contribution in [1.82, 2.24) is 15.0 Å². The van der Waals surface area contributed by atoms with Gasteiger partial charge in [0.15, 0.2) is 0 Å². The normalized spacial score (nSPS) is 11.8. The number of benzene rings is 1. The van der Waals surface area contributed by atoms with Crippen molar-refractivity contribution in [3.63, 3.8) is 0 Å². The van der Waals surface area contributed by atoms with Crippen LogP contribution in [-0.2, 0) is 22.4 Å². The van der Waals surface area contributed by atoms with Crippen LogP contribution in [0.3, 0.4) is 0 Å². The molecule has 1 aromatic carbocycles. The van der Waals surface area contributed by atoms with Gasteiger partial charge in [-0.3, -0.25) is 4.68 Å². The van der Waals surface area contributed by atoms with Crippen LogP contribution in [0.15, 0.2) is 49.3 Å². The number of aromatic nitrogens is 3. The maximum absolute atomic E-state index is 11.3. The second-order valence-corrected chi connectivity index (χ2v) is 4.97. The van der Waals surface area contributed by atoms with Gasteiger partial charge in [-0.15, -0.1) is 5.10 Å². The Bertz CT molecular complexity index is 540. The number of ether oxygens (including phenoxy) is 1. The predicted molar refractivity (Wildman–Crippen MR) is 77.6 cm³/mol. The Kier molecular flexibility index (Phi) is 5.37. The lowest BCUT2D eigenvalue weighted by molar-refractivity contribution is 0.363. The van der Waals surface area contributed by atoms with Crippen molar-refractivity contribution >= 4 is 11.7 Å². The quantitative estimate of drug-likeness (QED) is 0.553. The summed E-state index contributed by atoms with van der Waals surface area (Å²) in [5, 5.41) is 7.53. The van der Waals surface area contributed by atoms with Crippen molar-refractivity contribution in [2.24, 2.45) is 0 Å². The summed E-state index contributed by atoms with van der Waals surface area (Å²) in [7, 11) is 0. The van der Waals surface area contributed by atoms with E-state index < -0.39 is 0 Å². The highest BCUT2D eigenvalue weighted by molar-refractivity contribution is 7.65. The van der Waals surface area contributed by atoms with E-state index in [0.717, 1.165) is 11.3 Å². The van der Waals surface area contributed by atoms with Gasteiger partial charge in [-0.1, -0.05) is 17.9 Å². The van der Waals surface area contributed by atoms with Crippen molar-refractivity contribution in [3.8, 4) is 5.75 Å². The number of nitrogens with zero attached hydrogens (tertiary/aromatic N) is 3. The molecule has 2 aromatic rings. The van der Waals surface area contributed by atoms with E-state index in [4.69, 9.17) is 4.74 Å². The van der Waals surface area contributed by atoms with E-state index in [2.05, 4.69) is 16.9 Å². The third kappa shape index (κ3) is 3.96. The van der Waals surface area contributed by atoms with Crippen molar-refractivity contribution in [3.05, 3.63) is 54.9 Å². The van der Waals surface area contributed by atoms with Crippen LogP contribution in [0.1, 0.15) is 17.2 Å². The van der Waals surface area contributed by atoms with Crippen LogP contribution in [-0.4, -0.2) is 21.6 Å². The fraction of sp³-hybridized carbons (Fsp3) is 0.286. The molecule has 1 heterocycles. The zero-order valence-electron chi connectivity index (χ0n) is 11.0. The molecule has 0 bridgehead atoms. The Morgan fingerprint density at radius 2 is 2.20 bits per heavy atom. The Labute approximate surface area is 121 Å². The van der Waals surface area contributed by atoms with Crippen LogP contribution in [0.25, 0.3) is 0 Å². The smallest absolute Gasteiger partial charge is 0.467 e. The zero-order valence-corrected chi connectivity index (χ0v) is 11.8. The lowest BCUT2D eigenvalue weighted by atomic mass is 10.1. The molecule has 104 valence electrons. The van der Waals surface area contributed by atoms with Crippen molar-refractivity contribution in [2.45, 2.75) is 18.2 Å². The molecule has 2 rings (SSSR count). The molecule has 0 N–H and O–H groups in total. The van der Waals surface area contributed by atoms with Gasteiger partial charge >= 0.3 is 11.7 Å². The summed E-state index contributed by atoms with van der Waals surface area (Å²) in [5.74, 6) is 0.777. The van der Waals surface area contributed by atoms with Gasteiger partial charge in [0.2, 0.25) is 0 Å². The Morgan fingerprint density at radius 1 is 1.40 bits per heavy atom. The summed E-state index contributed by atoms with van der Waals surface area (Å²) >= 11 is 0.600. The predicted octanol–water partition coefficient (Wildman–Crippen LogP) is 2.40. The highest BCUT2D eigenvalue weighted by Gasteiger charge is 2.24. The molecular formula is C14H16N3O2S+. The first-order valence-electron chi connectivity index (χ1n) is 6.30. The molecule has 0 aliphatic rings. The maximum atomic E-state index is 11.3. The summed E-state index contributed by atoms with van der Waals surface area (Å²) < 4.78 is 18.4. The lowest BCUT2D eigenvalue weighted by Gasteiger charge is -2.05. The second-order valence-electron chi connectivity index (χ2n) is 4.21. The SMILES string of the molecule is C=CCOc1ccc(C(CCn2ccnn2)[S+]=O)cc1. The largest absolute Gasteiger partial charge is 0.490 e. The van der Waals surface area contributed by atoms with E-state index in [1.165, 1.54) is 0 Å². The molecule has 20 heavy (non-hydrogen) atoms. The van der Waals surface area contributed by atoms with Gasteiger partial charge in [0.1, 0.15) is 12.4 Å². The molecule has 0 radical (unpaired) electrons. The van der Waals surface area contributed by atoms with E-state index in [0.29, 0.717) is 31.2 Å². The van der Waals surface area contributed by atoms with E-state index >= 15 is 0 Å². The van der Waals surface area contributed by atoms with Gasteiger partial charge < -0.3 is 4.74 Å². The summed E-state index contributed by atoms with van der Waals surface area (Å²) in [6.07, 6.45) is 5.83. The molecule has 6 heteroatoms. The van der Waals surface area contributed by atoms with E-state index in [1.54, 1.807) is 23.2 Å². The third-order valence-electron chi connectivity index (χ3n) is 2.83. The van der Waals surface area contributed by atoms with Crippen LogP contribution >= 0.6 is 0 Å². The summed E-state index contributed by atoms with van der Waals surface area (Å²) in [5.41, 5.74) is 0.996. The average molecular weight is 290 g/mol. The van der Waals surface area contributed by atoms with Gasteiger partial charge in [0, 0.05) is 28.9 Å². The van der Waals surface area contributed by atoms with Crippen LogP contribution in [0.4, 0.5) is 0 Å². The fourth-order valence-corrected chi connectivity index (χ4v) is 2.28. The summed E-state index contributed by atoms with van der Waals surface area (Å²) in [4.78, 5) is 0. The molecule has 0 saturated heterocycles. The summed E-state index contributed by atoms with van der Waals surface area (Å²) in [6, 6.07) is 7.60. The van der Waals surface area contributed by atoms with Crippen LogP contribution in [0.2, 0.25) is 0 Å². The van der Waals surface area contributed by atoms with Crippen LogP contribution in [0.5, 0.6) is 5.75 Å². The molecule has 1 unspecified atom stereocenters. The van der Waals surface area contributed by atoms with Gasteiger partial charge in [-0.05, 0) is 24.3 Å².